The van der Waals surface area contributed by atoms with Gasteiger partial charge in [0.25, 0.3) is 0 Å². The van der Waals surface area contributed by atoms with E-state index in [1.54, 1.807) is 26.4 Å². The Morgan fingerprint density at radius 3 is 2.32 bits per heavy atom. The van der Waals surface area contributed by atoms with Crippen LogP contribution in [-0.2, 0) is 0 Å². The lowest BCUT2D eigenvalue weighted by Gasteiger charge is -2.34. The highest BCUT2D eigenvalue weighted by Gasteiger charge is 2.36. The second kappa shape index (κ2) is 6.50. The Labute approximate surface area is 144 Å². The van der Waals surface area contributed by atoms with E-state index in [2.05, 4.69) is 9.97 Å². The number of methoxy groups -OCH3 is 2. The number of aromatic nitrogens is 2. The maximum absolute atomic E-state index is 13.4. The van der Waals surface area contributed by atoms with Crippen LogP contribution in [0.3, 0.4) is 0 Å². The standard InChI is InChI=1S/C17H22F2N4O2/c1-23(10-4-6-17(18,19)7-5-10)16-21-12-9-14(25-3)13(24-2)8-11(12)15(20)22-16/h8-10H,4-7H2,1-3H3,(H2,20,21,22). The molecule has 6 nitrogen and oxygen atoms in total. The van der Waals surface area contributed by atoms with E-state index in [0.29, 0.717) is 47.0 Å². The lowest BCUT2D eigenvalue weighted by Crippen LogP contribution is -2.39. The largest absolute Gasteiger partial charge is 0.493 e. The number of nitrogens with zero attached hydrogens (tertiary/aromatic N) is 3. The van der Waals surface area contributed by atoms with Gasteiger partial charge in [0.1, 0.15) is 5.82 Å². The van der Waals surface area contributed by atoms with Crippen molar-refractivity contribution in [1.29, 1.82) is 0 Å². The van der Waals surface area contributed by atoms with Crippen molar-refractivity contribution >= 4 is 22.7 Å². The van der Waals surface area contributed by atoms with Gasteiger partial charge in [-0.2, -0.15) is 4.98 Å². The average molecular weight is 352 g/mol. The number of anilines is 2. The van der Waals surface area contributed by atoms with Crippen LogP contribution in [0.4, 0.5) is 20.5 Å². The zero-order valence-corrected chi connectivity index (χ0v) is 14.6. The molecule has 3 rings (SSSR count). The monoisotopic (exact) mass is 352 g/mol. The summed E-state index contributed by atoms with van der Waals surface area (Å²) in [6.07, 6.45) is 0.569. The van der Waals surface area contributed by atoms with Crippen LogP contribution in [-0.4, -0.2) is 43.2 Å². The van der Waals surface area contributed by atoms with E-state index in [1.807, 2.05) is 11.9 Å². The Hall–Kier alpha value is -2.38. The fraction of sp³-hybridized carbons (Fsp3) is 0.529. The molecular formula is C17H22F2N4O2. The molecule has 0 bridgehead atoms. The van der Waals surface area contributed by atoms with Crippen LogP contribution in [0.1, 0.15) is 25.7 Å². The third-order valence-electron chi connectivity index (χ3n) is 4.77. The molecule has 2 aromatic rings. The molecule has 0 unspecified atom stereocenters. The number of rotatable bonds is 4. The minimum atomic E-state index is -2.56. The summed E-state index contributed by atoms with van der Waals surface area (Å²) in [5, 5.41) is 0.657. The van der Waals surface area contributed by atoms with Crippen molar-refractivity contribution in [2.75, 3.05) is 31.9 Å². The quantitative estimate of drug-likeness (QED) is 0.911. The molecule has 8 heteroatoms. The molecule has 1 aromatic carbocycles. The summed E-state index contributed by atoms with van der Waals surface area (Å²) in [7, 11) is 4.90. The number of benzene rings is 1. The Balaban J connectivity index is 1.94. The van der Waals surface area contributed by atoms with Crippen molar-refractivity contribution in [2.24, 2.45) is 0 Å². The first kappa shape index (κ1) is 17.4. The predicted octanol–water partition coefficient (Wildman–Crippen LogP) is 3.24. The lowest BCUT2D eigenvalue weighted by atomic mass is 9.91. The van der Waals surface area contributed by atoms with Crippen LogP contribution in [0, 0.1) is 0 Å². The third kappa shape index (κ3) is 3.38. The molecule has 25 heavy (non-hydrogen) atoms. The molecule has 1 aliphatic carbocycles. The van der Waals surface area contributed by atoms with Gasteiger partial charge in [0.15, 0.2) is 11.5 Å². The summed E-state index contributed by atoms with van der Waals surface area (Å²) in [6.45, 7) is 0. The first-order chi connectivity index (χ1) is 11.8. The van der Waals surface area contributed by atoms with Crippen molar-refractivity contribution in [1.82, 2.24) is 9.97 Å². The second-order valence-electron chi connectivity index (χ2n) is 6.33. The SMILES string of the molecule is COc1cc2nc(N(C)C3CCC(F)(F)CC3)nc(N)c2cc1OC. The van der Waals surface area contributed by atoms with Gasteiger partial charge in [0.05, 0.1) is 19.7 Å². The highest BCUT2D eigenvalue weighted by Crippen LogP contribution is 2.37. The smallest absolute Gasteiger partial charge is 0.248 e. The maximum Gasteiger partial charge on any atom is 0.248 e. The number of fused-ring (bicyclic) bond motifs is 1. The topological polar surface area (TPSA) is 73.5 Å². The number of nitrogens with two attached hydrogens (primary N) is 1. The number of alkyl halides is 2. The maximum atomic E-state index is 13.4. The normalized spacial score (nSPS) is 17.5. The van der Waals surface area contributed by atoms with Gasteiger partial charge in [-0.1, -0.05) is 0 Å². The Bertz CT molecular complexity index is 775. The summed E-state index contributed by atoms with van der Waals surface area (Å²) in [5.41, 5.74) is 6.71. The molecule has 2 N–H and O–H groups in total. The van der Waals surface area contributed by atoms with Gasteiger partial charge in [-0.15, -0.1) is 0 Å². The molecule has 0 saturated heterocycles. The van der Waals surface area contributed by atoms with Gasteiger partial charge < -0.3 is 20.1 Å². The van der Waals surface area contributed by atoms with Crippen LogP contribution < -0.4 is 20.1 Å². The second-order valence-corrected chi connectivity index (χ2v) is 6.33. The highest BCUT2D eigenvalue weighted by molar-refractivity contribution is 5.91. The number of hydrogen-bond acceptors (Lipinski definition) is 6. The molecule has 0 spiro atoms. The van der Waals surface area contributed by atoms with E-state index in [9.17, 15) is 8.78 Å². The van der Waals surface area contributed by atoms with E-state index in [4.69, 9.17) is 15.2 Å². The fourth-order valence-electron chi connectivity index (χ4n) is 3.20. The highest BCUT2D eigenvalue weighted by atomic mass is 19.3. The van der Waals surface area contributed by atoms with Gasteiger partial charge in [0, 0.05) is 37.4 Å². The predicted molar refractivity (Wildman–Crippen MR) is 92.7 cm³/mol. The van der Waals surface area contributed by atoms with Crippen LogP contribution >= 0.6 is 0 Å². The van der Waals surface area contributed by atoms with Gasteiger partial charge >= 0.3 is 0 Å². The molecule has 1 aliphatic rings. The van der Waals surface area contributed by atoms with Crippen molar-refractivity contribution < 1.29 is 18.3 Å². The minimum Gasteiger partial charge on any atom is -0.493 e. The summed E-state index contributed by atoms with van der Waals surface area (Å²) in [6, 6.07) is 3.43. The molecule has 1 heterocycles. The molecule has 0 amide bonds. The van der Waals surface area contributed by atoms with E-state index in [1.165, 1.54) is 0 Å². The Morgan fingerprint density at radius 1 is 1.12 bits per heavy atom. The van der Waals surface area contributed by atoms with Gasteiger partial charge in [-0.25, -0.2) is 13.8 Å². The number of nitrogen functional groups attached to an aromatic ring is 1. The molecule has 1 fully saturated rings. The van der Waals surface area contributed by atoms with Gasteiger partial charge in [0.2, 0.25) is 11.9 Å². The van der Waals surface area contributed by atoms with E-state index >= 15 is 0 Å². The van der Waals surface area contributed by atoms with E-state index in [-0.39, 0.29) is 18.9 Å². The number of ether oxygens (including phenoxy) is 2. The fourth-order valence-corrected chi connectivity index (χ4v) is 3.20. The van der Waals surface area contributed by atoms with Gasteiger partial charge in [-0.05, 0) is 18.9 Å². The average Bonchev–Trinajstić information content (AvgIpc) is 2.60. The van der Waals surface area contributed by atoms with Crippen molar-refractivity contribution in [2.45, 2.75) is 37.6 Å². The molecule has 0 radical (unpaired) electrons. The minimum absolute atomic E-state index is 0.0309. The zero-order valence-electron chi connectivity index (χ0n) is 14.6. The molecule has 136 valence electrons. The summed E-state index contributed by atoms with van der Waals surface area (Å²) >= 11 is 0. The van der Waals surface area contributed by atoms with E-state index in [0.717, 1.165) is 0 Å². The summed E-state index contributed by atoms with van der Waals surface area (Å²) < 4.78 is 37.3. The molecule has 0 atom stereocenters. The molecular weight excluding hydrogens is 330 g/mol. The molecule has 1 saturated carbocycles. The Kier molecular flexibility index (Phi) is 4.53. The third-order valence-corrected chi connectivity index (χ3v) is 4.77. The van der Waals surface area contributed by atoms with Crippen molar-refractivity contribution in [3.8, 4) is 11.5 Å². The van der Waals surface area contributed by atoms with Crippen LogP contribution in [0.2, 0.25) is 0 Å². The number of halogens is 2. The zero-order chi connectivity index (χ0) is 18.2. The Morgan fingerprint density at radius 2 is 1.72 bits per heavy atom. The van der Waals surface area contributed by atoms with Crippen LogP contribution in [0.15, 0.2) is 12.1 Å². The lowest BCUT2D eigenvalue weighted by molar-refractivity contribution is -0.0378. The number of hydrogen-bond donors (Lipinski definition) is 1. The first-order valence-corrected chi connectivity index (χ1v) is 8.14. The molecule has 0 aliphatic heterocycles. The van der Waals surface area contributed by atoms with Crippen molar-refractivity contribution in [3.05, 3.63) is 12.1 Å². The van der Waals surface area contributed by atoms with E-state index < -0.39 is 5.92 Å². The molecule has 1 aromatic heterocycles. The first-order valence-electron chi connectivity index (χ1n) is 8.14. The van der Waals surface area contributed by atoms with Crippen molar-refractivity contribution in [3.63, 3.8) is 0 Å². The van der Waals surface area contributed by atoms with Crippen LogP contribution in [0.25, 0.3) is 10.9 Å². The summed E-state index contributed by atoms with van der Waals surface area (Å²) in [5.74, 6) is -0.744. The van der Waals surface area contributed by atoms with Crippen LogP contribution in [0.5, 0.6) is 11.5 Å². The summed E-state index contributed by atoms with van der Waals surface area (Å²) in [4.78, 5) is 10.7. The van der Waals surface area contributed by atoms with Gasteiger partial charge in [-0.3, -0.25) is 0 Å².